The van der Waals surface area contributed by atoms with Gasteiger partial charge in [-0.2, -0.15) is 13.2 Å². The van der Waals surface area contributed by atoms with Gasteiger partial charge in [-0.3, -0.25) is 4.99 Å². The van der Waals surface area contributed by atoms with E-state index in [4.69, 9.17) is 18.6 Å². The predicted octanol–water partition coefficient (Wildman–Crippen LogP) is 5.62. The average molecular weight is 404 g/mol. The molecule has 1 N–H and O–H groups in total. The van der Waals surface area contributed by atoms with Gasteiger partial charge in [0.25, 0.3) is 0 Å². The van der Waals surface area contributed by atoms with Gasteiger partial charge in [0.1, 0.15) is 5.75 Å². The van der Waals surface area contributed by atoms with Crippen molar-refractivity contribution < 1.29 is 35.3 Å². The van der Waals surface area contributed by atoms with Crippen LogP contribution in [-0.2, 0) is 17.0 Å². The Hall–Kier alpha value is -0.226. The van der Waals surface area contributed by atoms with Gasteiger partial charge >= 0.3 is 41.8 Å². The Morgan fingerprint density at radius 2 is 1.78 bits per heavy atom. The number of aryl methyl sites for hydroxylation is 1. The van der Waals surface area contributed by atoms with Crippen molar-refractivity contribution in [2.24, 2.45) is 10.9 Å². The van der Waals surface area contributed by atoms with Gasteiger partial charge in [-0.15, -0.1) is 0 Å². The fraction of sp³-hybridized carbons (Fsp3) is 0.533. The first-order chi connectivity index (χ1) is 10.8. The molecule has 0 unspecified atom stereocenters. The molecule has 0 spiro atoms. The number of hydrogen-bond donors (Lipinski definition) is 1. The number of halogens is 5. The number of rotatable bonds is 2. The number of nitrogens with zero attached hydrogens (tertiary/aromatic N) is 1. The van der Waals surface area contributed by atoms with Crippen molar-refractivity contribution in [3.05, 3.63) is 29.3 Å². The van der Waals surface area contributed by atoms with E-state index in [1.165, 1.54) is 0 Å². The third-order valence-corrected chi connectivity index (χ3v) is 3.85. The summed E-state index contributed by atoms with van der Waals surface area (Å²) in [6.45, 7) is 1.79. The number of benzene rings is 1. The van der Waals surface area contributed by atoms with Gasteiger partial charge in [-0.05, 0) is 44.2 Å². The molecule has 1 aromatic rings. The Labute approximate surface area is 150 Å². The Bertz CT molecular complexity index is 518. The third-order valence-electron chi connectivity index (χ3n) is 3.85. The fourth-order valence-corrected chi connectivity index (χ4v) is 2.52. The maximum absolute atomic E-state index is 12.5. The van der Waals surface area contributed by atoms with Crippen LogP contribution in [-0.4, -0.2) is 23.5 Å². The van der Waals surface area contributed by atoms with E-state index >= 15 is 0 Å². The topological polar surface area (TPSA) is 32.6 Å². The third kappa shape index (κ3) is 7.04. The molecule has 1 aromatic carbocycles. The van der Waals surface area contributed by atoms with E-state index in [0.29, 0.717) is 18.4 Å². The second kappa shape index (κ2) is 9.92. The zero-order valence-corrected chi connectivity index (χ0v) is 15.7. The van der Waals surface area contributed by atoms with Crippen molar-refractivity contribution in [3.8, 4) is 5.75 Å². The Balaban J connectivity index is 0.000000816. The SMILES string of the molecule is Cc1cccc(C=NC2CCC(C(F)(F)F)CC2)c1O.[Cl][Ti][Cl]. The van der Waals surface area contributed by atoms with Gasteiger partial charge < -0.3 is 5.11 Å². The molecule has 0 atom stereocenters. The van der Waals surface area contributed by atoms with E-state index in [2.05, 4.69) is 4.99 Å². The van der Waals surface area contributed by atoms with E-state index in [1.54, 1.807) is 25.3 Å². The van der Waals surface area contributed by atoms with Gasteiger partial charge in [0, 0.05) is 17.8 Å². The number of aromatic hydroxyl groups is 1. The molecule has 0 saturated heterocycles. The minimum atomic E-state index is -4.08. The summed E-state index contributed by atoms with van der Waals surface area (Å²) >= 11 is -0.556. The molecule has 1 aliphatic carbocycles. The molecule has 0 bridgehead atoms. The van der Waals surface area contributed by atoms with Crippen LogP contribution in [0.25, 0.3) is 0 Å². The van der Waals surface area contributed by atoms with E-state index in [9.17, 15) is 18.3 Å². The van der Waals surface area contributed by atoms with E-state index in [1.807, 2.05) is 6.07 Å². The summed E-state index contributed by atoms with van der Waals surface area (Å²) in [5, 5.41) is 9.84. The van der Waals surface area contributed by atoms with Crippen LogP contribution >= 0.6 is 18.6 Å². The zero-order valence-electron chi connectivity index (χ0n) is 12.6. The Morgan fingerprint density at radius 3 is 2.30 bits per heavy atom. The van der Waals surface area contributed by atoms with Crippen LogP contribution in [0.15, 0.2) is 23.2 Å². The molecule has 0 amide bonds. The summed E-state index contributed by atoms with van der Waals surface area (Å²) < 4.78 is 37.6. The van der Waals surface area contributed by atoms with Gasteiger partial charge in [-0.25, -0.2) is 0 Å². The maximum atomic E-state index is 12.5. The number of aliphatic imine (C=N–C) groups is 1. The monoisotopic (exact) mass is 403 g/mol. The number of alkyl halides is 3. The van der Waals surface area contributed by atoms with Crippen molar-refractivity contribution in [1.29, 1.82) is 0 Å². The van der Waals surface area contributed by atoms with Gasteiger partial charge in [0.2, 0.25) is 0 Å². The minimum absolute atomic E-state index is 0.0755. The molecular weight excluding hydrogens is 386 g/mol. The zero-order chi connectivity index (χ0) is 17.5. The van der Waals surface area contributed by atoms with E-state index in [-0.39, 0.29) is 24.6 Å². The van der Waals surface area contributed by atoms with E-state index < -0.39 is 29.1 Å². The first-order valence-electron chi connectivity index (χ1n) is 7.14. The van der Waals surface area contributed by atoms with Crippen molar-refractivity contribution >= 4 is 24.8 Å². The number of phenolic OH excluding ortho intramolecular Hbond substituents is 1. The molecule has 2 rings (SSSR count). The molecule has 0 radical (unpaired) electrons. The van der Waals surface area contributed by atoms with Gasteiger partial charge in [0.15, 0.2) is 0 Å². The van der Waals surface area contributed by atoms with Crippen LogP contribution in [0.5, 0.6) is 5.75 Å². The molecule has 8 heteroatoms. The summed E-state index contributed by atoms with van der Waals surface area (Å²) in [7, 11) is 9.78. The molecule has 0 aliphatic heterocycles. The van der Waals surface area contributed by atoms with Crippen LogP contribution < -0.4 is 0 Å². The summed E-state index contributed by atoms with van der Waals surface area (Å²) in [5.74, 6) is -0.999. The van der Waals surface area contributed by atoms with Crippen molar-refractivity contribution in [2.45, 2.75) is 44.8 Å². The molecule has 0 heterocycles. The molecule has 128 valence electrons. The number of hydrogen-bond acceptors (Lipinski definition) is 2. The quantitative estimate of drug-likeness (QED) is 0.504. The summed E-state index contributed by atoms with van der Waals surface area (Å²) in [5.41, 5.74) is 1.37. The summed E-state index contributed by atoms with van der Waals surface area (Å²) in [6, 6.07) is 5.28. The van der Waals surface area contributed by atoms with Crippen molar-refractivity contribution in [3.63, 3.8) is 0 Å². The van der Waals surface area contributed by atoms with Crippen LogP contribution in [0.4, 0.5) is 13.2 Å². The molecule has 0 aromatic heterocycles. The first-order valence-corrected chi connectivity index (χ1v) is 11.4. The van der Waals surface area contributed by atoms with Crippen molar-refractivity contribution in [1.82, 2.24) is 0 Å². The predicted molar refractivity (Wildman–Crippen MR) is 83.9 cm³/mol. The number of phenols is 1. The molecule has 1 aliphatic rings. The van der Waals surface area contributed by atoms with Crippen LogP contribution in [0, 0.1) is 12.8 Å². The Morgan fingerprint density at radius 1 is 1.22 bits per heavy atom. The van der Waals surface area contributed by atoms with Crippen molar-refractivity contribution in [2.75, 3.05) is 0 Å². The first kappa shape index (κ1) is 20.8. The van der Waals surface area contributed by atoms with Crippen LogP contribution in [0.1, 0.15) is 36.8 Å². The second-order valence-corrected chi connectivity index (χ2v) is 7.99. The summed E-state index contributed by atoms with van der Waals surface area (Å²) in [6.07, 6.45) is -1.32. The second-order valence-electron chi connectivity index (χ2n) is 5.41. The average Bonchev–Trinajstić information content (AvgIpc) is 2.49. The van der Waals surface area contributed by atoms with E-state index in [0.717, 1.165) is 5.56 Å². The summed E-state index contributed by atoms with van der Waals surface area (Å²) in [4.78, 5) is 4.32. The molecular formula is C15H18Cl2F3NOTi. The van der Waals surface area contributed by atoms with Crippen LogP contribution in [0.2, 0.25) is 0 Å². The van der Waals surface area contributed by atoms with Crippen LogP contribution in [0.3, 0.4) is 0 Å². The molecule has 1 saturated carbocycles. The molecule has 1 fully saturated rings. The van der Waals surface area contributed by atoms with Gasteiger partial charge in [0.05, 0.1) is 5.92 Å². The normalized spacial score (nSPS) is 21.7. The number of para-hydroxylation sites is 1. The molecule has 2 nitrogen and oxygen atoms in total. The Kier molecular flexibility index (Phi) is 8.98. The van der Waals surface area contributed by atoms with Gasteiger partial charge in [-0.1, -0.05) is 12.1 Å². The molecule has 23 heavy (non-hydrogen) atoms. The standard InChI is InChI=1S/C15H18F3NO.2ClH.Ti/c1-10-3-2-4-11(14(10)20)9-19-13-7-5-12(6-8-13)15(16,17)18;;;/h2-4,9,12-13,20H,5-8H2,1H3;2*1H;/q;;;+2/p-2. The fourth-order valence-electron chi connectivity index (χ4n) is 2.52.